The molecule has 3 aromatic carbocycles. The van der Waals surface area contributed by atoms with E-state index < -0.39 is 0 Å². The summed E-state index contributed by atoms with van der Waals surface area (Å²) in [5, 5.41) is 3.46. The first kappa shape index (κ1) is 21.9. The van der Waals surface area contributed by atoms with Crippen molar-refractivity contribution in [2.45, 2.75) is 6.54 Å². The molecule has 3 rings (SSSR count). The van der Waals surface area contributed by atoms with Gasteiger partial charge in [-0.25, -0.2) is 0 Å². The highest BCUT2D eigenvalue weighted by atomic mass is 79.9. The van der Waals surface area contributed by atoms with Gasteiger partial charge in [0.15, 0.2) is 6.61 Å². The standard InChI is InChI=1S/C23H20BrClN2O3/c1-27(22(28)15-30-21-12-11-17(25)13-19(21)24)20-10-6-5-9-18(20)23(29)26-14-16-7-3-2-4-8-16/h2-13H,14-15H2,1H3,(H,26,29). The molecule has 0 aliphatic heterocycles. The van der Waals surface area contributed by atoms with E-state index in [2.05, 4.69) is 21.2 Å². The summed E-state index contributed by atoms with van der Waals surface area (Å²) in [4.78, 5) is 26.8. The summed E-state index contributed by atoms with van der Waals surface area (Å²) >= 11 is 9.28. The number of rotatable bonds is 7. The van der Waals surface area contributed by atoms with Gasteiger partial charge in [-0.2, -0.15) is 0 Å². The molecule has 1 N–H and O–H groups in total. The van der Waals surface area contributed by atoms with Gasteiger partial charge in [0, 0.05) is 18.6 Å². The molecule has 154 valence electrons. The molecule has 0 spiro atoms. The Balaban J connectivity index is 1.67. The number of halogens is 2. The normalized spacial score (nSPS) is 10.4. The topological polar surface area (TPSA) is 58.6 Å². The Kier molecular flexibility index (Phi) is 7.49. The van der Waals surface area contributed by atoms with Gasteiger partial charge < -0.3 is 15.0 Å². The zero-order valence-electron chi connectivity index (χ0n) is 16.3. The molecule has 0 aromatic heterocycles. The quantitative estimate of drug-likeness (QED) is 0.506. The number of nitrogens with one attached hydrogen (secondary N) is 1. The molecule has 0 aliphatic carbocycles. The smallest absolute Gasteiger partial charge is 0.264 e. The van der Waals surface area contributed by atoms with Crippen LogP contribution < -0.4 is 15.0 Å². The van der Waals surface area contributed by atoms with E-state index in [1.807, 2.05) is 30.3 Å². The second-order valence-corrected chi connectivity index (χ2v) is 7.79. The van der Waals surface area contributed by atoms with Gasteiger partial charge in [-0.1, -0.05) is 54.1 Å². The first-order valence-corrected chi connectivity index (χ1v) is 10.4. The molecule has 0 heterocycles. The molecule has 0 saturated heterocycles. The number of hydrogen-bond acceptors (Lipinski definition) is 3. The fourth-order valence-corrected chi connectivity index (χ4v) is 3.59. The minimum absolute atomic E-state index is 0.184. The minimum Gasteiger partial charge on any atom is -0.483 e. The van der Waals surface area contributed by atoms with Gasteiger partial charge in [0.05, 0.1) is 15.7 Å². The molecule has 0 fully saturated rings. The van der Waals surface area contributed by atoms with Crippen LogP contribution in [0.4, 0.5) is 5.69 Å². The first-order valence-electron chi connectivity index (χ1n) is 9.21. The van der Waals surface area contributed by atoms with Gasteiger partial charge in [-0.15, -0.1) is 0 Å². The van der Waals surface area contributed by atoms with Crippen molar-refractivity contribution in [2.75, 3.05) is 18.6 Å². The van der Waals surface area contributed by atoms with Gasteiger partial charge in [0.2, 0.25) is 0 Å². The Morgan fingerprint density at radius 2 is 1.73 bits per heavy atom. The zero-order chi connectivity index (χ0) is 21.5. The monoisotopic (exact) mass is 486 g/mol. The summed E-state index contributed by atoms with van der Waals surface area (Å²) < 4.78 is 6.26. The van der Waals surface area contributed by atoms with Crippen LogP contribution in [0.5, 0.6) is 5.75 Å². The number of hydrogen-bond donors (Lipinski definition) is 1. The average molecular weight is 488 g/mol. The Bertz CT molecular complexity index is 1040. The summed E-state index contributed by atoms with van der Waals surface area (Å²) in [6.07, 6.45) is 0. The molecule has 30 heavy (non-hydrogen) atoms. The average Bonchev–Trinajstić information content (AvgIpc) is 2.77. The van der Waals surface area contributed by atoms with Crippen molar-refractivity contribution in [1.82, 2.24) is 5.32 Å². The van der Waals surface area contributed by atoms with Gasteiger partial charge in [-0.05, 0) is 51.8 Å². The molecule has 0 atom stereocenters. The van der Waals surface area contributed by atoms with Crippen molar-refractivity contribution in [3.05, 3.63) is 93.4 Å². The molecule has 0 bridgehead atoms. The van der Waals surface area contributed by atoms with Crippen LogP contribution >= 0.6 is 27.5 Å². The Morgan fingerprint density at radius 3 is 2.47 bits per heavy atom. The number of carbonyl (C=O) groups excluding carboxylic acids is 2. The highest BCUT2D eigenvalue weighted by Gasteiger charge is 2.19. The van der Waals surface area contributed by atoms with Crippen molar-refractivity contribution in [2.24, 2.45) is 0 Å². The van der Waals surface area contributed by atoms with E-state index in [0.717, 1.165) is 5.56 Å². The largest absolute Gasteiger partial charge is 0.483 e. The first-order chi connectivity index (χ1) is 14.5. The third-order valence-electron chi connectivity index (χ3n) is 4.43. The maximum absolute atomic E-state index is 12.7. The van der Waals surface area contributed by atoms with E-state index in [1.165, 1.54) is 4.90 Å². The SMILES string of the molecule is CN(C(=O)COc1ccc(Cl)cc1Br)c1ccccc1C(=O)NCc1ccccc1. The predicted octanol–water partition coefficient (Wildman–Crippen LogP) is 5.07. The number of carbonyl (C=O) groups is 2. The highest BCUT2D eigenvalue weighted by molar-refractivity contribution is 9.10. The number of para-hydroxylation sites is 1. The summed E-state index contributed by atoms with van der Waals surface area (Å²) in [6, 6.07) is 21.7. The van der Waals surface area contributed by atoms with Crippen LogP contribution in [0, 0.1) is 0 Å². The van der Waals surface area contributed by atoms with E-state index in [4.69, 9.17) is 16.3 Å². The fourth-order valence-electron chi connectivity index (χ4n) is 2.79. The van der Waals surface area contributed by atoms with Crippen LogP contribution in [0.1, 0.15) is 15.9 Å². The molecule has 2 amide bonds. The van der Waals surface area contributed by atoms with Gasteiger partial charge in [0.1, 0.15) is 5.75 Å². The van der Waals surface area contributed by atoms with E-state index >= 15 is 0 Å². The minimum atomic E-state index is -0.292. The lowest BCUT2D eigenvalue weighted by Gasteiger charge is -2.21. The van der Waals surface area contributed by atoms with Crippen molar-refractivity contribution in [1.29, 1.82) is 0 Å². The summed E-state index contributed by atoms with van der Waals surface area (Å²) in [7, 11) is 1.62. The molecular weight excluding hydrogens is 468 g/mol. The Hall–Kier alpha value is -2.83. The molecule has 0 aliphatic rings. The highest BCUT2D eigenvalue weighted by Crippen LogP contribution is 2.28. The van der Waals surface area contributed by atoms with Crippen LogP contribution in [0.3, 0.4) is 0 Å². The Morgan fingerprint density at radius 1 is 1.03 bits per heavy atom. The zero-order valence-corrected chi connectivity index (χ0v) is 18.6. The lowest BCUT2D eigenvalue weighted by molar-refractivity contribution is -0.120. The number of ether oxygens (including phenoxy) is 1. The van der Waals surface area contributed by atoms with Gasteiger partial charge in [-0.3, -0.25) is 9.59 Å². The van der Waals surface area contributed by atoms with Gasteiger partial charge in [0.25, 0.3) is 11.8 Å². The van der Waals surface area contributed by atoms with Gasteiger partial charge >= 0.3 is 0 Å². The van der Waals surface area contributed by atoms with Crippen LogP contribution in [0.2, 0.25) is 5.02 Å². The predicted molar refractivity (Wildman–Crippen MR) is 122 cm³/mol. The molecule has 7 heteroatoms. The molecule has 0 unspecified atom stereocenters. The summed E-state index contributed by atoms with van der Waals surface area (Å²) in [5.74, 6) is -0.0364. The second kappa shape index (κ2) is 10.3. The van der Waals surface area contributed by atoms with E-state index in [1.54, 1.807) is 49.5 Å². The molecule has 3 aromatic rings. The van der Waals surface area contributed by atoms with Crippen LogP contribution in [-0.2, 0) is 11.3 Å². The van der Waals surface area contributed by atoms with Crippen molar-refractivity contribution in [3.63, 3.8) is 0 Å². The number of anilines is 1. The molecule has 0 saturated carbocycles. The Labute approximate surface area is 188 Å². The second-order valence-electron chi connectivity index (χ2n) is 6.50. The summed E-state index contributed by atoms with van der Waals surface area (Å²) in [5.41, 5.74) is 1.92. The molecular formula is C23H20BrClN2O3. The molecule has 0 radical (unpaired) electrons. The van der Waals surface area contributed by atoms with Crippen molar-refractivity contribution >= 4 is 45.0 Å². The lowest BCUT2D eigenvalue weighted by Crippen LogP contribution is -2.33. The van der Waals surface area contributed by atoms with Crippen molar-refractivity contribution in [3.8, 4) is 5.75 Å². The fraction of sp³-hybridized carbons (Fsp3) is 0.130. The maximum atomic E-state index is 12.7. The third kappa shape index (κ3) is 5.62. The number of amides is 2. The third-order valence-corrected chi connectivity index (χ3v) is 5.28. The van der Waals surface area contributed by atoms with E-state index in [9.17, 15) is 9.59 Å². The van der Waals surface area contributed by atoms with E-state index in [0.29, 0.717) is 33.0 Å². The van der Waals surface area contributed by atoms with Crippen LogP contribution in [0.25, 0.3) is 0 Å². The van der Waals surface area contributed by atoms with Crippen molar-refractivity contribution < 1.29 is 14.3 Å². The number of likely N-dealkylation sites (N-methyl/N-ethyl adjacent to an activating group) is 1. The molecule has 5 nitrogen and oxygen atoms in total. The summed E-state index contributed by atoms with van der Waals surface area (Å²) in [6.45, 7) is 0.218. The number of benzene rings is 3. The van der Waals surface area contributed by atoms with E-state index in [-0.39, 0.29) is 18.4 Å². The van der Waals surface area contributed by atoms with Crippen LogP contribution in [0.15, 0.2) is 77.3 Å². The maximum Gasteiger partial charge on any atom is 0.264 e. The lowest BCUT2D eigenvalue weighted by atomic mass is 10.1. The van der Waals surface area contributed by atoms with Crippen LogP contribution in [-0.4, -0.2) is 25.5 Å². The number of nitrogens with zero attached hydrogens (tertiary/aromatic N) is 1.